The fourth-order valence-electron chi connectivity index (χ4n) is 3.37. The van der Waals surface area contributed by atoms with Crippen LogP contribution >= 0.6 is 31.9 Å². The van der Waals surface area contributed by atoms with E-state index < -0.39 is 0 Å². The molecule has 0 unspecified atom stereocenters. The average Bonchev–Trinajstić information content (AvgIpc) is 3.05. The Balaban J connectivity index is 1.83. The maximum absolute atomic E-state index is 13.3. The van der Waals surface area contributed by atoms with Gasteiger partial charge in [0.1, 0.15) is 0 Å². The van der Waals surface area contributed by atoms with Crippen molar-refractivity contribution in [2.45, 2.75) is 19.5 Å². The van der Waals surface area contributed by atoms with Crippen molar-refractivity contribution in [1.82, 2.24) is 18.7 Å². The number of hydrogen-bond acceptors (Lipinski definition) is 3. The first-order valence-electron chi connectivity index (χ1n) is 9.10. The normalized spacial score (nSPS) is 11.3. The molecule has 0 saturated carbocycles. The molecular formula is C21H18Br2N4O2. The van der Waals surface area contributed by atoms with Crippen molar-refractivity contribution in [3.05, 3.63) is 95.8 Å². The van der Waals surface area contributed by atoms with Crippen LogP contribution in [0.4, 0.5) is 0 Å². The van der Waals surface area contributed by atoms with E-state index in [2.05, 4.69) is 36.8 Å². The Kier molecular flexibility index (Phi) is 5.56. The van der Waals surface area contributed by atoms with E-state index >= 15 is 0 Å². The Morgan fingerprint density at radius 1 is 0.931 bits per heavy atom. The molecular weight excluding hydrogens is 500 g/mol. The summed E-state index contributed by atoms with van der Waals surface area (Å²) in [5, 5.41) is 0. The fourth-order valence-corrected chi connectivity index (χ4v) is 4.25. The number of halogens is 2. The lowest BCUT2D eigenvalue weighted by molar-refractivity contribution is 0.600. The molecule has 2 aromatic carbocycles. The maximum Gasteiger partial charge on any atom is 0.332 e. The van der Waals surface area contributed by atoms with E-state index in [9.17, 15) is 9.59 Å². The molecule has 0 amide bonds. The minimum absolute atomic E-state index is 0.309. The monoisotopic (exact) mass is 516 g/mol. The van der Waals surface area contributed by atoms with Crippen molar-refractivity contribution in [2.24, 2.45) is 7.05 Å². The highest BCUT2D eigenvalue weighted by molar-refractivity contribution is 9.10. The molecule has 0 spiro atoms. The van der Waals surface area contributed by atoms with Gasteiger partial charge in [-0.25, -0.2) is 9.78 Å². The number of aryl methyl sites for hydroxylation is 2. The lowest BCUT2D eigenvalue weighted by atomic mass is 10.1. The van der Waals surface area contributed by atoms with Gasteiger partial charge < -0.3 is 4.57 Å². The number of aromatic nitrogens is 4. The Morgan fingerprint density at radius 2 is 1.62 bits per heavy atom. The smallest absolute Gasteiger partial charge is 0.308 e. The average molecular weight is 518 g/mol. The number of imidazole rings is 1. The van der Waals surface area contributed by atoms with E-state index in [1.54, 1.807) is 11.6 Å². The zero-order valence-electron chi connectivity index (χ0n) is 15.7. The molecule has 4 rings (SSSR count). The van der Waals surface area contributed by atoms with Crippen molar-refractivity contribution in [2.75, 3.05) is 0 Å². The molecule has 0 fully saturated rings. The summed E-state index contributed by atoms with van der Waals surface area (Å²) in [5.74, 6) is 0. The van der Waals surface area contributed by atoms with Crippen LogP contribution in [0.1, 0.15) is 11.1 Å². The van der Waals surface area contributed by atoms with Gasteiger partial charge >= 0.3 is 5.69 Å². The number of benzene rings is 2. The van der Waals surface area contributed by atoms with Gasteiger partial charge in [-0.15, -0.1) is 0 Å². The molecule has 4 aromatic rings. The summed E-state index contributed by atoms with van der Waals surface area (Å²) in [6.07, 6.45) is 0.598. The number of hydrogen-bond donors (Lipinski definition) is 0. The molecule has 0 N–H and O–H groups in total. The molecule has 0 aliphatic carbocycles. The standard InChI is InChI=1S/C21H18Br2N4O2/c1-25-18-17(27(20(23)24-18)13-15-9-5-6-10-16(15)22)19(28)26(21(25)29)12-11-14-7-3-2-4-8-14/h2-10H,11-13H2,1H3. The van der Waals surface area contributed by atoms with E-state index in [1.807, 2.05) is 54.6 Å². The third-order valence-electron chi connectivity index (χ3n) is 4.94. The van der Waals surface area contributed by atoms with E-state index in [0.717, 1.165) is 15.6 Å². The van der Waals surface area contributed by atoms with Gasteiger partial charge in [0.15, 0.2) is 15.9 Å². The van der Waals surface area contributed by atoms with E-state index in [1.165, 1.54) is 9.13 Å². The lowest BCUT2D eigenvalue weighted by Crippen LogP contribution is -2.40. The SMILES string of the molecule is Cn1c(=O)n(CCc2ccccc2)c(=O)c2c1nc(Br)n2Cc1ccccc1Br. The highest BCUT2D eigenvalue weighted by Gasteiger charge is 2.19. The first kappa shape index (κ1) is 19.8. The van der Waals surface area contributed by atoms with Gasteiger partial charge in [0.25, 0.3) is 5.56 Å². The third kappa shape index (κ3) is 3.74. The molecule has 8 heteroatoms. The van der Waals surface area contributed by atoms with Gasteiger partial charge in [0.2, 0.25) is 0 Å². The summed E-state index contributed by atoms with van der Waals surface area (Å²) in [4.78, 5) is 30.5. The van der Waals surface area contributed by atoms with Crippen molar-refractivity contribution >= 4 is 43.0 Å². The maximum atomic E-state index is 13.3. The van der Waals surface area contributed by atoms with Gasteiger partial charge in [0, 0.05) is 18.1 Å². The fraction of sp³-hybridized carbons (Fsp3) is 0.190. The number of fused-ring (bicyclic) bond motifs is 1. The largest absolute Gasteiger partial charge is 0.332 e. The Bertz CT molecular complexity index is 1310. The Morgan fingerprint density at radius 3 is 2.34 bits per heavy atom. The highest BCUT2D eigenvalue weighted by Crippen LogP contribution is 2.22. The van der Waals surface area contributed by atoms with Gasteiger partial charge in [-0.1, -0.05) is 64.5 Å². The second-order valence-electron chi connectivity index (χ2n) is 6.76. The van der Waals surface area contributed by atoms with Crippen molar-refractivity contribution in [3.8, 4) is 0 Å². The molecule has 0 saturated heterocycles. The van der Waals surface area contributed by atoms with Crippen molar-refractivity contribution in [3.63, 3.8) is 0 Å². The summed E-state index contributed by atoms with van der Waals surface area (Å²) < 4.78 is 5.98. The van der Waals surface area contributed by atoms with Crippen LogP contribution in [0.5, 0.6) is 0 Å². The molecule has 0 aliphatic rings. The topological polar surface area (TPSA) is 61.8 Å². The number of nitrogens with zero attached hydrogens (tertiary/aromatic N) is 4. The number of rotatable bonds is 5. The molecule has 0 radical (unpaired) electrons. The molecule has 0 bridgehead atoms. The van der Waals surface area contributed by atoms with Crippen LogP contribution in [0.15, 0.2) is 73.4 Å². The lowest BCUT2D eigenvalue weighted by Gasteiger charge is -2.11. The van der Waals surface area contributed by atoms with E-state index in [0.29, 0.717) is 35.4 Å². The van der Waals surface area contributed by atoms with E-state index in [4.69, 9.17) is 0 Å². The van der Waals surface area contributed by atoms with Crippen LogP contribution in [0.2, 0.25) is 0 Å². The second kappa shape index (κ2) is 8.12. The molecule has 2 heterocycles. The molecule has 2 aromatic heterocycles. The Labute approximate surface area is 183 Å². The van der Waals surface area contributed by atoms with Crippen LogP contribution in [0, 0.1) is 0 Å². The first-order valence-corrected chi connectivity index (χ1v) is 10.7. The summed E-state index contributed by atoms with van der Waals surface area (Å²) in [5.41, 5.74) is 2.17. The molecule has 6 nitrogen and oxygen atoms in total. The minimum atomic E-state index is -0.364. The van der Waals surface area contributed by atoms with Crippen molar-refractivity contribution < 1.29 is 0 Å². The molecule has 29 heavy (non-hydrogen) atoms. The van der Waals surface area contributed by atoms with Crippen LogP contribution in [-0.4, -0.2) is 18.7 Å². The summed E-state index contributed by atoms with van der Waals surface area (Å²) in [7, 11) is 1.64. The molecule has 148 valence electrons. The van der Waals surface area contributed by atoms with Gasteiger partial charge in [-0.3, -0.25) is 13.9 Å². The Hall–Kier alpha value is -2.45. The van der Waals surface area contributed by atoms with Crippen LogP contribution in [0.3, 0.4) is 0 Å². The molecule has 0 atom stereocenters. The summed E-state index contributed by atoms with van der Waals surface area (Å²) >= 11 is 7.01. The van der Waals surface area contributed by atoms with Crippen LogP contribution in [-0.2, 0) is 26.6 Å². The summed E-state index contributed by atoms with van der Waals surface area (Å²) in [6.45, 7) is 0.758. The van der Waals surface area contributed by atoms with Crippen LogP contribution in [0.25, 0.3) is 11.2 Å². The quantitative estimate of drug-likeness (QED) is 0.379. The molecule has 0 aliphatic heterocycles. The summed E-state index contributed by atoms with van der Waals surface area (Å²) in [6, 6.07) is 17.6. The van der Waals surface area contributed by atoms with E-state index in [-0.39, 0.29) is 11.2 Å². The van der Waals surface area contributed by atoms with Crippen LogP contribution < -0.4 is 11.2 Å². The zero-order chi connectivity index (χ0) is 20.5. The highest BCUT2D eigenvalue weighted by atomic mass is 79.9. The predicted octanol–water partition coefficient (Wildman–Crippen LogP) is 3.71. The predicted molar refractivity (Wildman–Crippen MR) is 120 cm³/mol. The minimum Gasteiger partial charge on any atom is -0.308 e. The second-order valence-corrected chi connectivity index (χ2v) is 8.33. The first-order chi connectivity index (χ1) is 14.0. The van der Waals surface area contributed by atoms with Crippen molar-refractivity contribution in [1.29, 1.82) is 0 Å². The van der Waals surface area contributed by atoms with Gasteiger partial charge in [-0.05, 0) is 39.5 Å². The third-order valence-corrected chi connectivity index (χ3v) is 6.32. The van der Waals surface area contributed by atoms with Gasteiger partial charge in [-0.2, -0.15) is 0 Å². The van der Waals surface area contributed by atoms with Gasteiger partial charge in [0.05, 0.1) is 6.54 Å². The zero-order valence-corrected chi connectivity index (χ0v) is 18.9.